The minimum atomic E-state index is -0.579. The van der Waals surface area contributed by atoms with Crippen molar-refractivity contribution in [2.45, 2.75) is 25.9 Å². The number of nitrogens with zero attached hydrogens (tertiary/aromatic N) is 2. The quantitative estimate of drug-likeness (QED) is 0.900. The lowest BCUT2D eigenvalue weighted by Crippen LogP contribution is -2.45. The van der Waals surface area contributed by atoms with Crippen LogP contribution in [0.1, 0.15) is 18.9 Å². The SMILES string of the molecule is C[C@@H]1Oc2ccccc2N(CCC(=O)Nc2ccccc2CC#N)C1=O. The molecule has 1 heterocycles. The normalized spacial score (nSPS) is 15.6. The second-order valence-electron chi connectivity index (χ2n) is 6.01. The summed E-state index contributed by atoms with van der Waals surface area (Å²) in [6, 6.07) is 16.6. The third-order valence-corrected chi connectivity index (χ3v) is 4.20. The summed E-state index contributed by atoms with van der Waals surface area (Å²) in [5.74, 6) is 0.264. The third kappa shape index (κ3) is 3.67. The summed E-state index contributed by atoms with van der Waals surface area (Å²) in [5, 5.41) is 11.7. The molecule has 2 aromatic rings. The molecule has 132 valence electrons. The Morgan fingerprint density at radius 2 is 1.96 bits per heavy atom. The smallest absolute Gasteiger partial charge is 0.267 e. The summed E-state index contributed by atoms with van der Waals surface area (Å²) in [5.41, 5.74) is 2.07. The largest absolute Gasteiger partial charge is 0.479 e. The summed E-state index contributed by atoms with van der Waals surface area (Å²) < 4.78 is 5.60. The molecule has 0 fully saturated rings. The van der Waals surface area contributed by atoms with Crippen LogP contribution in [0.3, 0.4) is 0 Å². The number of para-hydroxylation sites is 3. The number of nitrogens with one attached hydrogen (secondary N) is 1. The maximum absolute atomic E-state index is 12.4. The van der Waals surface area contributed by atoms with E-state index in [4.69, 9.17) is 10.00 Å². The maximum Gasteiger partial charge on any atom is 0.267 e. The van der Waals surface area contributed by atoms with Crippen molar-refractivity contribution in [1.82, 2.24) is 0 Å². The summed E-state index contributed by atoms with van der Waals surface area (Å²) in [4.78, 5) is 26.4. The molecule has 3 rings (SSSR count). The van der Waals surface area contributed by atoms with E-state index in [9.17, 15) is 9.59 Å². The topological polar surface area (TPSA) is 82.4 Å². The molecule has 0 aromatic heterocycles. The second kappa shape index (κ2) is 7.70. The molecule has 0 radical (unpaired) electrons. The Labute approximate surface area is 152 Å². The molecule has 1 atom stereocenters. The predicted molar refractivity (Wildman–Crippen MR) is 97.9 cm³/mol. The standard InChI is InChI=1S/C20H19N3O3/c1-14-20(25)23(17-8-4-5-9-18(17)26-14)13-11-19(24)22-16-7-3-2-6-15(16)10-12-21/h2-9,14H,10-11,13H2,1H3,(H,22,24)/t14-/m0/s1. The van der Waals surface area contributed by atoms with E-state index in [1.807, 2.05) is 30.3 Å². The number of hydrogen-bond donors (Lipinski definition) is 1. The third-order valence-electron chi connectivity index (χ3n) is 4.20. The number of amides is 2. The Hall–Kier alpha value is -3.33. The molecule has 2 aromatic carbocycles. The highest BCUT2D eigenvalue weighted by molar-refractivity contribution is 6.00. The van der Waals surface area contributed by atoms with E-state index in [2.05, 4.69) is 11.4 Å². The van der Waals surface area contributed by atoms with Gasteiger partial charge in [0.05, 0.1) is 18.2 Å². The molecule has 0 aliphatic carbocycles. The highest BCUT2D eigenvalue weighted by Gasteiger charge is 2.31. The summed E-state index contributed by atoms with van der Waals surface area (Å²) >= 11 is 0. The van der Waals surface area contributed by atoms with Crippen LogP contribution in [-0.4, -0.2) is 24.5 Å². The molecule has 0 saturated carbocycles. The van der Waals surface area contributed by atoms with Gasteiger partial charge in [-0.25, -0.2) is 0 Å². The van der Waals surface area contributed by atoms with E-state index < -0.39 is 6.10 Å². The van der Waals surface area contributed by atoms with Gasteiger partial charge in [0, 0.05) is 18.7 Å². The van der Waals surface area contributed by atoms with Crippen molar-refractivity contribution in [3.63, 3.8) is 0 Å². The van der Waals surface area contributed by atoms with Gasteiger partial charge >= 0.3 is 0 Å². The molecule has 2 amide bonds. The molecule has 0 spiro atoms. The molecule has 6 heteroatoms. The lowest BCUT2D eigenvalue weighted by Gasteiger charge is -2.32. The van der Waals surface area contributed by atoms with Gasteiger partial charge in [0.2, 0.25) is 5.91 Å². The molecule has 0 saturated heterocycles. The van der Waals surface area contributed by atoms with E-state index in [1.165, 1.54) is 0 Å². The maximum atomic E-state index is 12.4. The fraction of sp³-hybridized carbons (Fsp3) is 0.250. The van der Waals surface area contributed by atoms with E-state index in [-0.39, 0.29) is 31.2 Å². The van der Waals surface area contributed by atoms with Gasteiger partial charge in [-0.3, -0.25) is 9.59 Å². The Kier molecular flexibility index (Phi) is 5.18. The lowest BCUT2D eigenvalue weighted by atomic mass is 10.1. The first kappa shape index (κ1) is 17.5. The molecular weight excluding hydrogens is 330 g/mol. The Balaban J connectivity index is 1.68. The monoisotopic (exact) mass is 349 g/mol. The number of nitriles is 1. The van der Waals surface area contributed by atoms with Crippen molar-refractivity contribution >= 4 is 23.2 Å². The van der Waals surface area contributed by atoms with Crippen molar-refractivity contribution in [2.24, 2.45) is 0 Å². The van der Waals surface area contributed by atoms with Crippen LogP contribution in [0.25, 0.3) is 0 Å². The minimum absolute atomic E-state index is 0.147. The van der Waals surface area contributed by atoms with Crippen molar-refractivity contribution < 1.29 is 14.3 Å². The second-order valence-corrected chi connectivity index (χ2v) is 6.01. The first-order chi connectivity index (χ1) is 12.6. The van der Waals surface area contributed by atoms with Gasteiger partial charge in [0.25, 0.3) is 5.91 Å². The van der Waals surface area contributed by atoms with Crippen LogP contribution in [0.5, 0.6) is 5.75 Å². The minimum Gasteiger partial charge on any atom is -0.479 e. The first-order valence-corrected chi connectivity index (χ1v) is 8.42. The van der Waals surface area contributed by atoms with Crippen LogP contribution in [0.2, 0.25) is 0 Å². The van der Waals surface area contributed by atoms with Crippen LogP contribution < -0.4 is 15.0 Å². The molecule has 26 heavy (non-hydrogen) atoms. The number of anilines is 2. The molecule has 0 bridgehead atoms. The van der Waals surface area contributed by atoms with Crippen molar-refractivity contribution in [3.8, 4) is 11.8 Å². The van der Waals surface area contributed by atoms with Crippen LogP contribution >= 0.6 is 0 Å². The van der Waals surface area contributed by atoms with Crippen molar-refractivity contribution in [2.75, 3.05) is 16.8 Å². The van der Waals surface area contributed by atoms with Gasteiger partial charge in [-0.05, 0) is 30.7 Å². The Morgan fingerprint density at radius 1 is 1.23 bits per heavy atom. The zero-order valence-corrected chi connectivity index (χ0v) is 14.4. The fourth-order valence-corrected chi connectivity index (χ4v) is 2.90. The number of benzene rings is 2. The Bertz CT molecular complexity index is 873. The summed E-state index contributed by atoms with van der Waals surface area (Å²) in [6.45, 7) is 1.96. The highest BCUT2D eigenvalue weighted by Crippen LogP contribution is 2.33. The van der Waals surface area contributed by atoms with E-state index >= 15 is 0 Å². The van der Waals surface area contributed by atoms with Crippen molar-refractivity contribution in [1.29, 1.82) is 5.26 Å². The zero-order chi connectivity index (χ0) is 18.5. The van der Waals surface area contributed by atoms with E-state index in [0.29, 0.717) is 17.1 Å². The number of fused-ring (bicyclic) bond motifs is 1. The number of hydrogen-bond acceptors (Lipinski definition) is 4. The molecule has 0 unspecified atom stereocenters. The molecule has 1 aliphatic rings. The van der Waals surface area contributed by atoms with E-state index in [1.54, 1.807) is 30.0 Å². The first-order valence-electron chi connectivity index (χ1n) is 8.42. The van der Waals surface area contributed by atoms with Crippen LogP contribution in [0.15, 0.2) is 48.5 Å². The number of carbonyl (C=O) groups excluding carboxylic acids is 2. The van der Waals surface area contributed by atoms with Gasteiger partial charge < -0.3 is 15.0 Å². The summed E-state index contributed by atoms with van der Waals surface area (Å²) in [6.07, 6.45) is -0.207. The summed E-state index contributed by atoms with van der Waals surface area (Å²) in [7, 11) is 0. The molecule has 1 N–H and O–H groups in total. The van der Waals surface area contributed by atoms with Gasteiger partial charge in [-0.1, -0.05) is 30.3 Å². The molecular formula is C20H19N3O3. The number of carbonyl (C=O) groups is 2. The molecule has 6 nitrogen and oxygen atoms in total. The highest BCUT2D eigenvalue weighted by atomic mass is 16.5. The van der Waals surface area contributed by atoms with E-state index in [0.717, 1.165) is 5.56 Å². The average molecular weight is 349 g/mol. The predicted octanol–water partition coefficient (Wildman–Crippen LogP) is 2.90. The van der Waals surface area contributed by atoms with Crippen molar-refractivity contribution in [3.05, 3.63) is 54.1 Å². The zero-order valence-electron chi connectivity index (χ0n) is 14.4. The number of ether oxygens (including phenoxy) is 1. The van der Waals surface area contributed by atoms with Gasteiger partial charge in [0.15, 0.2) is 6.10 Å². The van der Waals surface area contributed by atoms with Gasteiger partial charge in [0.1, 0.15) is 5.75 Å². The molecule has 1 aliphatic heterocycles. The van der Waals surface area contributed by atoms with Crippen LogP contribution in [-0.2, 0) is 16.0 Å². The average Bonchev–Trinajstić information content (AvgIpc) is 2.64. The lowest BCUT2D eigenvalue weighted by molar-refractivity contribution is -0.125. The fourth-order valence-electron chi connectivity index (χ4n) is 2.90. The van der Waals surface area contributed by atoms with Crippen LogP contribution in [0.4, 0.5) is 11.4 Å². The van der Waals surface area contributed by atoms with Crippen LogP contribution in [0, 0.1) is 11.3 Å². The van der Waals surface area contributed by atoms with Gasteiger partial charge in [-0.15, -0.1) is 0 Å². The number of rotatable bonds is 5. The van der Waals surface area contributed by atoms with Gasteiger partial charge in [-0.2, -0.15) is 5.26 Å². The Morgan fingerprint density at radius 3 is 2.77 bits per heavy atom.